The minimum absolute atomic E-state index is 0.193. The van der Waals surface area contributed by atoms with Crippen LogP contribution in [0.15, 0.2) is 18.2 Å². The van der Waals surface area contributed by atoms with Gasteiger partial charge in [-0.3, -0.25) is 0 Å². The lowest BCUT2D eigenvalue weighted by Crippen LogP contribution is -2.03. The second kappa shape index (κ2) is 5.14. The van der Waals surface area contributed by atoms with Gasteiger partial charge in [0.2, 0.25) is 5.82 Å². The van der Waals surface area contributed by atoms with E-state index in [4.69, 9.17) is 4.74 Å². The zero-order valence-electron chi connectivity index (χ0n) is 11.4. The Hall–Kier alpha value is -2.30. The average molecular weight is 260 g/mol. The second-order valence-corrected chi connectivity index (χ2v) is 4.25. The highest BCUT2D eigenvalue weighted by Gasteiger charge is 2.17. The normalized spacial score (nSPS) is 10.3. The predicted octanol–water partition coefficient (Wildman–Crippen LogP) is 2.49. The first-order valence-corrected chi connectivity index (χ1v) is 5.86. The third-order valence-corrected chi connectivity index (χ3v) is 2.87. The Kier molecular flexibility index (Phi) is 3.55. The number of H-pyrrole nitrogens is 1. The maximum absolute atomic E-state index is 11.5. The lowest BCUT2D eigenvalue weighted by molar-refractivity contribution is 0.0588. The van der Waals surface area contributed by atoms with Crippen molar-refractivity contribution in [3.63, 3.8) is 0 Å². The largest absolute Gasteiger partial charge is 0.496 e. The number of hydrogen-bond donors (Lipinski definition) is 1. The van der Waals surface area contributed by atoms with E-state index in [9.17, 15) is 4.79 Å². The van der Waals surface area contributed by atoms with E-state index in [2.05, 4.69) is 14.7 Å². The van der Waals surface area contributed by atoms with E-state index < -0.39 is 5.97 Å². The summed E-state index contributed by atoms with van der Waals surface area (Å²) >= 11 is 0. The maximum atomic E-state index is 11.5. The molecule has 0 saturated heterocycles. The van der Waals surface area contributed by atoms with Gasteiger partial charge in [0.05, 0.1) is 19.9 Å². The molecule has 0 bridgehead atoms. The van der Waals surface area contributed by atoms with E-state index in [0.717, 1.165) is 22.6 Å². The predicted molar refractivity (Wildman–Crippen MR) is 71.4 cm³/mol. The number of nitrogens with one attached hydrogen (secondary N) is 1. The number of methoxy groups -OCH3 is 2. The van der Waals surface area contributed by atoms with Crippen LogP contribution >= 0.6 is 0 Å². The van der Waals surface area contributed by atoms with Gasteiger partial charge in [0, 0.05) is 11.3 Å². The Morgan fingerprint density at radius 2 is 2.00 bits per heavy atom. The number of ether oxygens (including phenoxy) is 2. The van der Waals surface area contributed by atoms with Gasteiger partial charge in [-0.05, 0) is 26.0 Å². The Bertz CT molecular complexity index is 617. The van der Waals surface area contributed by atoms with Gasteiger partial charge in [-0.2, -0.15) is 0 Å². The van der Waals surface area contributed by atoms with Crippen molar-refractivity contribution in [2.24, 2.45) is 0 Å². The molecule has 0 fully saturated rings. The van der Waals surface area contributed by atoms with Gasteiger partial charge in [-0.1, -0.05) is 11.6 Å². The molecule has 5 heteroatoms. The van der Waals surface area contributed by atoms with Crippen molar-refractivity contribution >= 4 is 5.97 Å². The van der Waals surface area contributed by atoms with Crippen LogP contribution in [0, 0.1) is 13.8 Å². The molecule has 0 radical (unpaired) electrons. The number of imidazole rings is 1. The number of aromatic nitrogens is 2. The summed E-state index contributed by atoms with van der Waals surface area (Å²) in [7, 11) is 2.94. The topological polar surface area (TPSA) is 64.2 Å². The molecule has 1 heterocycles. The molecule has 0 aliphatic heterocycles. The molecule has 2 aromatic rings. The lowest BCUT2D eigenvalue weighted by atomic mass is 10.1. The molecular formula is C14H16N2O3. The molecule has 1 aromatic heterocycles. The first-order valence-electron chi connectivity index (χ1n) is 5.86. The number of hydrogen-bond acceptors (Lipinski definition) is 4. The molecule has 2 rings (SSSR count). The van der Waals surface area contributed by atoms with Crippen LogP contribution in [0.4, 0.5) is 0 Å². The molecular weight excluding hydrogens is 244 g/mol. The summed E-state index contributed by atoms with van der Waals surface area (Å²) in [6.07, 6.45) is 0. The van der Waals surface area contributed by atoms with Gasteiger partial charge < -0.3 is 14.5 Å². The summed E-state index contributed by atoms with van der Waals surface area (Å²) in [6.45, 7) is 3.85. The summed E-state index contributed by atoms with van der Waals surface area (Å²) in [5, 5.41) is 0. The number of aromatic amines is 1. The van der Waals surface area contributed by atoms with Gasteiger partial charge >= 0.3 is 5.97 Å². The fraction of sp³-hybridized carbons (Fsp3) is 0.286. The van der Waals surface area contributed by atoms with Crippen molar-refractivity contribution in [1.82, 2.24) is 9.97 Å². The van der Waals surface area contributed by atoms with Crippen LogP contribution in [0.2, 0.25) is 0 Å². The Labute approximate surface area is 111 Å². The summed E-state index contributed by atoms with van der Waals surface area (Å²) in [5.41, 5.74) is 3.44. The third kappa shape index (κ3) is 2.45. The molecule has 5 nitrogen and oxygen atoms in total. The standard InChI is InChI=1S/C14H16N2O3/c1-8-5-6-11(18-3)10(7-8)12-9(2)15-13(16-12)14(17)19-4/h5-7H,1-4H3,(H,15,16). The number of esters is 1. The van der Waals surface area contributed by atoms with Crippen molar-refractivity contribution in [2.75, 3.05) is 14.2 Å². The number of carbonyl (C=O) groups excluding carboxylic acids is 1. The number of rotatable bonds is 3. The van der Waals surface area contributed by atoms with Gasteiger partial charge in [0.15, 0.2) is 0 Å². The number of carbonyl (C=O) groups is 1. The average Bonchev–Trinajstić information content (AvgIpc) is 2.79. The van der Waals surface area contributed by atoms with E-state index in [0.29, 0.717) is 5.69 Å². The van der Waals surface area contributed by atoms with Crippen molar-refractivity contribution in [3.8, 4) is 17.0 Å². The van der Waals surface area contributed by atoms with Gasteiger partial charge in [-0.25, -0.2) is 9.78 Å². The summed E-state index contributed by atoms with van der Waals surface area (Å²) in [4.78, 5) is 18.7. The second-order valence-electron chi connectivity index (χ2n) is 4.25. The minimum Gasteiger partial charge on any atom is -0.496 e. The molecule has 0 saturated carbocycles. The Balaban J connectivity index is 2.55. The van der Waals surface area contributed by atoms with Crippen LogP contribution in [-0.2, 0) is 4.74 Å². The third-order valence-electron chi connectivity index (χ3n) is 2.87. The molecule has 100 valence electrons. The lowest BCUT2D eigenvalue weighted by Gasteiger charge is -2.08. The number of nitrogens with zero attached hydrogens (tertiary/aromatic N) is 1. The van der Waals surface area contributed by atoms with Gasteiger partial charge in [0.25, 0.3) is 0 Å². The maximum Gasteiger partial charge on any atom is 0.374 e. The van der Waals surface area contributed by atoms with Crippen molar-refractivity contribution in [1.29, 1.82) is 0 Å². The highest BCUT2D eigenvalue weighted by molar-refractivity contribution is 5.87. The zero-order valence-corrected chi connectivity index (χ0v) is 11.4. The first-order chi connectivity index (χ1) is 9.06. The fourth-order valence-corrected chi connectivity index (χ4v) is 1.92. The molecule has 0 aliphatic carbocycles. The fourth-order valence-electron chi connectivity index (χ4n) is 1.92. The van der Waals surface area contributed by atoms with Gasteiger partial charge in [-0.15, -0.1) is 0 Å². The summed E-state index contributed by atoms with van der Waals surface area (Å²) < 4.78 is 9.99. The van der Waals surface area contributed by atoms with Crippen LogP contribution in [-0.4, -0.2) is 30.2 Å². The Morgan fingerprint density at radius 1 is 1.26 bits per heavy atom. The van der Waals surface area contributed by atoms with Crippen molar-refractivity contribution < 1.29 is 14.3 Å². The van der Waals surface area contributed by atoms with Crippen LogP contribution in [0.5, 0.6) is 5.75 Å². The quantitative estimate of drug-likeness (QED) is 0.861. The summed E-state index contributed by atoms with van der Waals surface area (Å²) in [5.74, 6) is 0.427. The first kappa shape index (κ1) is 13.1. The van der Waals surface area contributed by atoms with Crippen molar-refractivity contribution in [2.45, 2.75) is 13.8 Å². The number of benzene rings is 1. The molecule has 1 N–H and O–H groups in total. The molecule has 0 amide bonds. The SMILES string of the molecule is COC(=O)c1nc(-c2cc(C)ccc2OC)c(C)[nH]1. The van der Waals surface area contributed by atoms with E-state index in [1.807, 2.05) is 32.0 Å². The minimum atomic E-state index is -0.485. The van der Waals surface area contributed by atoms with Crippen LogP contribution in [0.3, 0.4) is 0 Å². The van der Waals surface area contributed by atoms with Crippen LogP contribution in [0.1, 0.15) is 21.9 Å². The van der Waals surface area contributed by atoms with E-state index in [1.165, 1.54) is 7.11 Å². The summed E-state index contributed by atoms with van der Waals surface area (Å²) in [6, 6.07) is 5.82. The zero-order chi connectivity index (χ0) is 14.0. The molecule has 0 spiro atoms. The van der Waals surface area contributed by atoms with Gasteiger partial charge in [0.1, 0.15) is 5.75 Å². The molecule has 0 atom stereocenters. The molecule has 1 aromatic carbocycles. The highest BCUT2D eigenvalue weighted by Crippen LogP contribution is 2.31. The Morgan fingerprint density at radius 3 is 2.63 bits per heavy atom. The molecule has 0 unspecified atom stereocenters. The van der Waals surface area contributed by atoms with Crippen molar-refractivity contribution in [3.05, 3.63) is 35.3 Å². The highest BCUT2D eigenvalue weighted by atomic mass is 16.5. The monoisotopic (exact) mass is 260 g/mol. The van der Waals surface area contributed by atoms with E-state index in [-0.39, 0.29) is 5.82 Å². The van der Waals surface area contributed by atoms with Crippen LogP contribution < -0.4 is 4.74 Å². The van der Waals surface area contributed by atoms with Crippen LogP contribution in [0.25, 0.3) is 11.3 Å². The molecule has 0 aliphatic rings. The molecule has 19 heavy (non-hydrogen) atoms. The van der Waals surface area contributed by atoms with E-state index >= 15 is 0 Å². The number of aryl methyl sites for hydroxylation is 2. The smallest absolute Gasteiger partial charge is 0.374 e. The van der Waals surface area contributed by atoms with E-state index in [1.54, 1.807) is 7.11 Å².